The zero-order valence-electron chi connectivity index (χ0n) is 18.1. The molecule has 1 heterocycles. The van der Waals surface area contributed by atoms with E-state index in [1.807, 2.05) is 12.1 Å². The fourth-order valence-corrected chi connectivity index (χ4v) is 5.14. The van der Waals surface area contributed by atoms with Crippen LogP contribution in [0, 0.1) is 0 Å². The van der Waals surface area contributed by atoms with E-state index in [4.69, 9.17) is 9.47 Å². The third-order valence-electron chi connectivity index (χ3n) is 5.35. The number of carbonyl (C=O) groups excluding carboxylic acids is 3. The molecule has 0 spiro atoms. The summed E-state index contributed by atoms with van der Waals surface area (Å²) < 4.78 is 10.2. The number of hydrogen-bond acceptors (Lipinski definition) is 6. The number of fused-ring (bicyclic) bond motifs is 1. The van der Waals surface area contributed by atoms with Crippen molar-refractivity contribution in [2.75, 3.05) is 19.5 Å². The maximum absolute atomic E-state index is 12.9. The minimum absolute atomic E-state index is 0.0368. The van der Waals surface area contributed by atoms with Gasteiger partial charge in [-0.15, -0.1) is 11.3 Å². The van der Waals surface area contributed by atoms with Crippen LogP contribution in [0.5, 0.6) is 5.75 Å². The average Bonchev–Trinajstić information content (AvgIpc) is 2.92. The van der Waals surface area contributed by atoms with Crippen molar-refractivity contribution < 1.29 is 23.9 Å². The molecule has 0 aliphatic heterocycles. The Labute approximate surface area is 186 Å². The predicted octanol–water partition coefficient (Wildman–Crippen LogP) is 4.02. The van der Waals surface area contributed by atoms with Gasteiger partial charge in [-0.2, -0.15) is 0 Å². The molecule has 1 aromatic carbocycles. The Morgan fingerprint density at radius 1 is 1.06 bits per heavy atom. The Kier molecular flexibility index (Phi) is 7.68. The van der Waals surface area contributed by atoms with E-state index in [-0.39, 0.29) is 18.2 Å². The number of methoxy groups -OCH3 is 2. The molecular formula is C23H28N2O5S. The molecule has 31 heavy (non-hydrogen) atoms. The molecule has 1 unspecified atom stereocenters. The number of nitrogens with one attached hydrogen (secondary N) is 2. The molecule has 0 saturated carbocycles. The van der Waals surface area contributed by atoms with Gasteiger partial charge in [-0.05, 0) is 48.9 Å². The van der Waals surface area contributed by atoms with E-state index in [1.165, 1.54) is 25.4 Å². The van der Waals surface area contributed by atoms with Crippen molar-refractivity contribution in [3.8, 4) is 5.75 Å². The molecular weight excluding hydrogens is 416 g/mol. The van der Waals surface area contributed by atoms with Crippen LogP contribution in [-0.4, -0.2) is 32.0 Å². The molecule has 166 valence electrons. The van der Waals surface area contributed by atoms with E-state index in [0.717, 1.165) is 48.1 Å². The Morgan fingerprint density at radius 3 is 2.42 bits per heavy atom. The van der Waals surface area contributed by atoms with E-state index in [0.29, 0.717) is 16.3 Å². The van der Waals surface area contributed by atoms with Gasteiger partial charge in [0.1, 0.15) is 10.8 Å². The normalized spacial score (nSPS) is 14.0. The number of esters is 1. The molecule has 1 aliphatic rings. The lowest BCUT2D eigenvalue weighted by molar-refractivity contribution is -0.120. The van der Waals surface area contributed by atoms with E-state index < -0.39 is 12.0 Å². The molecule has 8 heteroatoms. The van der Waals surface area contributed by atoms with Crippen LogP contribution >= 0.6 is 11.3 Å². The fraction of sp³-hybridized carbons (Fsp3) is 0.435. The van der Waals surface area contributed by atoms with Crippen LogP contribution in [-0.2, 0) is 27.2 Å². The van der Waals surface area contributed by atoms with Gasteiger partial charge in [-0.25, -0.2) is 4.79 Å². The van der Waals surface area contributed by atoms with Crippen LogP contribution in [0.4, 0.5) is 5.00 Å². The Hall–Kier alpha value is -2.87. The fourth-order valence-electron chi connectivity index (χ4n) is 3.85. The number of anilines is 1. The second-order valence-electron chi connectivity index (χ2n) is 7.54. The van der Waals surface area contributed by atoms with Crippen molar-refractivity contribution in [2.24, 2.45) is 0 Å². The van der Waals surface area contributed by atoms with Gasteiger partial charge >= 0.3 is 5.97 Å². The van der Waals surface area contributed by atoms with Crippen molar-refractivity contribution in [3.05, 3.63) is 45.8 Å². The lowest BCUT2D eigenvalue weighted by Gasteiger charge is -2.18. The maximum Gasteiger partial charge on any atom is 0.341 e. The molecule has 0 fully saturated rings. The summed E-state index contributed by atoms with van der Waals surface area (Å²) in [6, 6.07) is 6.71. The number of thiophene rings is 1. The summed E-state index contributed by atoms with van der Waals surface area (Å²) in [6.07, 6.45) is 4.97. The SMILES string of the molecule is COC(=O)c1c(NC(=O)CC(NC(C)=O)c2ccc(OC)cc2)sc2c1CCCCC2. The molecule has 3 rings (SSSR count). The monoisotopic (exact) mass is 444 g/mol. The molecule has 2 N–H and O–H groups in total. The lowest BCUT2D eigenvalue weighted by Crippen LogP contribution is -2.29. The summed E-state index contributed by atoms with van der Waals surface area (Å²) in [5, 5.41) is 6.26. The highest BCUT2D eigenvalue weighted by Crippen LogP contribution is 2.38. The molecule has 0 saturated heterocycles. The van der Waals surface area contributed by atoms with Gasteiger partial charge in [-0.3, -0.25) is 9.59 Å². The molecule has 1 atom stereocenters. The van der Waals surface area contributed by atoms with Crippen LogP contribution in [0.1, 0.15) is 65.0 Å². The summed E-state index contributed by atoms with van der Waals surface area (Å²) in [7, 11) is 2.93. The first-order valence-corrected chi connectivity index (χ1v) is 11.2. The highest BCUT2D eigenvalue weighted by molar-refractivity contribution is 7.17. The van der Waals surface area contributed by atoms with E-state index in [1.54, 1.807) is 19.2 Å². The van der Waals surface area contributed by atoms with Gasteiger partial charge in [0.05, 0.1) is 32.2 Å². The minimum atomic E-state index is -0.497. The van der Waals surface area contributed by atoms with E-state index in [9.17, 15) is 14.4 Å². The highest BCUT2D eigenvalue weighted by atomic mass is 32.1. The number of carbonyl (C=O) groups is 3. The zero-order valence-corrected chi connectivity index (χ0v) is 18.9. The maximum atomic E-state index is 12.9. The molecule has 0 radical (unpaired) electrons. The van der Waals surface area contributed by atoms with Gasteiger partial charge < -0.3 is 20.1 Å². The minimum Gasteiger partial charge on any atom is -0.497 e. The number of ether oxygens (including phenoxy) is 2. The summed E-state index contributed by atoms with van der Waals surface area (Å²) in [5.41, 5.74) is 2.26. The standard InChI is InChI=1S/C23H28N2O5S/c1-14(26)24-18(15-9-11-16(29-2)12-10-15)13-20(27)25-22-21(23(28)30-3)17-7-5-4-6-8-19(17)31-22/h9-12,18H,4-8,13H2,1-3H3,(H,24,26)(H,25,27). The van der Waals surface area contributed by atoms with Gasteiger partial charge in [0.15, 0.2) is 0 Å². The zero-order chi connectivity index (χ0) is 22.4. The Balaban J connectivity index is 1.81. The first-order valence-electron chi connectivity index (χ1n) is 10.4. The largest absolute Gasteiger partial charge is 0.497 e. The molecule has 1 aromatic heterocycles. The van der Waals surface area contributed by atoms with Crippen LogP contribution < -0.4 is 15.4 Å². The lowest BCUT2D eigenvalue weighted by atomic mass is 10.0. The first-order chi connectivity index (χ1) is 14.9. The van der Waals surface area contributed by atoms with Crippen molar-refractivity contribution in [1.29, 1.82) is 0 Å². The first kappa shape index (κ1) is 22.8. The number of benzene rings is 1. The molecule has 2 amide bonds. The Bertz CT molecular complexity index is 952. The van der Waals surface area contributed by atoms with Crippen LogP contribution in [0.3, 0.4) is 0 Å². The second-order valence-corrected chi connectivity index (χ2v) is 8.64. The van der Waals surface area contributed by atoms with Crippen LogP contribution in [0.2, 0.25) is 0 Å². The number of rotatable bonds is 7. The summed E-state index contributed by atoms with van der Waals surface area (Å²) in [5.74, 6) is -0.247. The third kappa shape index (κ3) is 5.64. The molecule has 1 aliphatic carbocycles. The number of aryl methyl sites for hydroxylation is 1. The summed E-state index contributed by atoms with van der Waals surface area (Å²) >= 11 is 1.45. The van der Waals surface area contributed by atoms with Crippen molar-refractivity contribution in [1.82, 2.24) is 5.32 Å². The van der Waals surface area contributed by atoms with Crippen molar-refractivity contribution >= 4 is 34.1 Å². The van der Waals surface area contributed by atoms with E-state index in [2.05, 4.69) is 10.6 Å². The van der Waals surface area contributed by atoms with Gasteiger partial charge in [-0.1, -0.05) is 18.6 Å². The van der Waals surface area contributed by atoms with Crippen LogP contribution in [0.25, 0.3) is 0 Å². The quantitative estimate of drug-likeness (QED) is 0.497. The molecule has 2 aromatic rings. The highest BCUT2D eigenvalue weighted by Gasteiger charge is 2.27. The van der Waals surface area contributed by atoms with Crippen molar-refractivity contribution in [3.63, 3.8) is 0 Å². The predicted molar refractivity (Wildman–Crippen MR) is 120 cm³/mol. The second kappa shape index (κ2) is 10.4. The van der Waals surface area contributed by atoms with Crippen molar-refractivity contribution in [2.45, 2.75) is 51.5 Å². The summed E-state index contributed by atoms with van der Waals surface area (Å²) in [6.45, 7) is 1.42. The topological polar surface area (TPSA) is 93.7 Å². The Morgan fingerprint density at radius 2 is 1.77 bits per heavy atom. The average molecular weight is 445 g/mol. The van der Waals surface area contributed by atoms with E-state index >= 15 is 0 Å². The molecule has 7 nitrogen and oxygen atoms in total. The van der Waals surface area contributed by atoms with Crippen LogP contribution in [0.15, 0.2) is 24.3 Å². The van der Waals surface area contributed by atoms with Gasteiger partial charge in [0, 0.05) is 11.8 Å². The molecule has 0 bridgehead atoms. The van der Waals surface area contributed by atoms with Gasteiger partial charge in [0.2, 0.25) is 11.8 Å². The number of amides is 2. The summed E-state index contributed by atoms with van der Waals surface area (Å²) in [4.78, 5) is 38.2. The third-order valence-corrected chi connectivity index (χ3v) is 6.56. The smallest absolute Gasteiger partial charge is 0.341 e. The number of hydrogen-bond donors (Lipinski definition) is 2. The van der Waals surface area contributed by atoms with Gasteiger partial charge in [0.25, 0.3) is 0 Å².